The molecule has 5 nitrogen and oxygen atoms in total. The number of hydrogen-bond acceptors (Lipinski definition) is 4. The van der Waals surface area contributed by atoms with Crippen LogP contribution in [0.5, 0.6) is 0 Å². The lowest BCUT2D eigenvalue weighted by molar-refractivity contribution is -0.140. The van der Waals surface area contributed by atoms with Crippen LogP contribution in [0.25, 0.3) is 5.76 Å². The molecule has 0 spiro atoms. The number of ketones is 1. The summed E-state index contributed by atoms with van der Waals surface area (Å²) >= 11 is 0. The number of amides is 1. The minimum Gasteiger partial charge on any atom is -0.507 e. The van der Waals surface area contributed by atoms with E-state index < -0.39 is 23.5 Å². The number of benzene rings is 2. The maximum Gasteiger partial charge on any atom is 0.295 e. The van der Waals surface area contributed by atoms with Crippen LogP contribution >= 0.6 is 0 Å². The maximum absolute atomic E-state index is 13.8. The Morgan fingerprint density at radius 1 is 1.15 bits per heavy atom. The molecule has 1 unspecified atom stereocenters. The van der Waals surface area contributed by atoms with Crippen molar-refractivity contribution in [2.24, 2.45) is 0 Å². The number of aliphatic hydroxyl groups excluding tert-OH is 1. The van der Waals surface area contributed by atoms with Crippen LogP contribution in [0.1, 0.15) is 17.2 Å². The van der Waals surface area contributed by atoms with Crippen molar-refractivity contribution >= 4 is 17.4 Å². The van der Waals surface area contributed by atoms with Crippen molar-refractivity contribution in [3.63, 3.8) is 0 Å². The highest BCUT2D eigenvalue weighted by Gasteiger charge is 2.45. The number of hydrogen-bond donors (Lipinski definition) is 1. The zero-order chi connectivity index (χ0) is 18.7. The standard InChI is InChI=1S/C20H18FNO4/c1-26-11-10-22-17(14-8-5-9-15(21)12-14)16(19(24)20(22)25)18(23)13-6-3-2-4-7-13/h2-9,12,17,23H,10-11H2,1H3. The minimum atomic E-state index is -0.874. The highest BCUT2D eigenvalue weighted by atomic mass is 19.1. The molecule has 0 saturated carbocycles. The van der Waals surface area contributed by atoms with Crippen molar-refractivity contribution in [3.05, 3.63) is 77.1 Å². The van der Waals surface area contributed by atoms with Crippen molar-refractivity contribution in [3.8, 4) is 0 Å². The molecular weight excluding hydrogens is 337 g/mol. The number of halogens is 1. The summed E-state index contributed by atoms with van der Waals surface area (Å²) in [6, 6.07) is 13.3. The number of carbonyl (C=O) groups excluding carboxylic acids is 2. The molecule has 1 N–H and O–H groups in total. The molecule has 0 aromatic heterocycles. The molecule has 2 aromatic carbocycles. The fourth-order valence-electron chi connectivity index (χ4n) is 3.08. The van der Waals surface area contributed by atoms with E-state index in [-0.39, 0.29) is 24.5 Å². The number of methoxy groups -OCH3 is 1. The van der Waals surface area contributed by atoms with E-state index in [2.05, 4.69) is 0 Å². The van der Waals surface area contributed by atoms with Crippen LogP contribution in [0.3, 0.4) is 0 Å². The molecule has 0 bridgehead atoms. The van der Waals surface area contributed by atoms with Crippen molar-refractivity contribution in [1.82, 2.24) is 4.90 Å². The normalized spacial score (nSPS) is 19.2. The van der Waals surface area contributed by atoms with E-state index in [1.54, 1.807) is 36.4 Å². The van der Waals surface area contributed by atoms with Gasteiger partial charge in [-0.15, -0.1) is 0 Å². The summed E-state index contributed by atoms with van der Waals surface area (Å²) < 4.78 is 18.8. The molecule has 2 aromatic rings. The average molecular weight is 355 g/mol. The first-order valence-electron chi connectivity index (χ1n) is 8.13. The molecule has 1 fully saturated rings. The van der Waals surface area contributed by atoms with E-state index in [0.29, 0.717) is 11.1 Å². The van der Waals surface area contributed by atoms with Gasteiger partial charge in [-0.25, -0.2) is 4.39 Å². The van der Waals surface area contributed by atoms with Crippen molar-refractivity contribution in [2.45, 2.75) is 6.04 Å². The fraction of sp³-hybridized carbons (Fsp3) is 0.200. The third kappa shape index (κ3) is 3.23. The molecular formula is C20H18FNO4. The molecule has 1 atom stereocenters. The summed E-state index contributed by atoms with van der Waals surface area (Å²) in [5.41, 5.74) is 0.777. The first kappa shape index (κ1) is 17.8. The van der Waals surface area contributed by atoms with E-state index in [1.165, 1.54) is 30.2 Å². The fourth-order valence-corrected chi connectivity index (χ4v) is 3.08. The second-order valence-electron chi connectivity index (χ2n) is 5.91. The Bertz CT molecular complexity index is 863. The summed E-state index contributed by atoms with van der Waals surface area (Å²) in [6.07, 6.45) is 0. The van der Waals surface area contributed by atoms with Gasteiger partial charge in [-0.1, -0.05) is 42.5 Å². The number of nitrogens with zero attached hydrogens (tertiary/aromatic N) is 1. The summed E-state index contributed by atoms with van der Waals surface area (Å²) in [4.78, 5) is 26.4. The van der Waals surface area contributed by atoms with Crippen LogP contribution in [0.15, 0.2) is 60.2 Å². The molecule has 1 amide bonds. The number of likely N-dealkylation sites (tertiary alicyclic amines) is 1. The average Bonchev–Trinajstić information content (AvgIpc) is 2.91. The zero-order valence-electron chi connectivity index (χ0n) is 14.2. The van der Waals surface area contributed by atoms with Crippen molar-refractivity contribution < 1.29 is 23.8 Å². The summed E-state index contributed by atoms with van der Waals surface area (Å²) in [5, 5.41) is 10.7. The molecule has 1 aliphatic rings. The largest absolute Gasteiger partial charge is 0.507 e. The van der Waals surface area contributed by atoms with Crippen LogP contribution in [0.4, 0.5) is 4.39 Å². The van der Waals surface area contributed by atoms with Crippen LogP contribution in [0, 0.1) is 5.82 Å². The van der Waals surface area contributed by atoms with Gasteiger partial charge in [-0.05, 0) is 17.7 Å². The smallest absolute Gasteiger partial charge is 0.295 e. The number of Topliss-reactive ketones (excluding diaryl/α,β-unsaturated/α-hetero) is 1. The number of rotatable bonds is 5. The van der Waals surface area contributed by atoms with Crippen LogP contribution < -0.4 is 0 Å². The van der Waals surface area contributed by atoms with Gasteiger partial charge in [0.1, 0.15) is 11.6 Å². The van der Waals surface area contributed by atoms with Gasteiger partial charge in [0, 0.05) is 19.2 Å². The molecule has 26 heavy (non-hydrogen) atoms. The maximum atomic E-state index is 13.8. The SMILES string of the molecule is COCCN1C(=O)C(=O)C(=C(O)c2ccccc2)C1c1cccc(F)c1. The van der Waals surface area contributed by atoms with E-state index in [9.17, 15) is 19.1 Å². The Morgan fingerprint density at radius 3 is 2.54 bits per heavy atom. The molecule has 1 heterocycles. The Hall–Kier alpha value is -2.99. The van der Waals surface area contributed by atoms with Crippen LogP contribution in [0.2, 0.25) is 0 Å². The van der Waals surface area contributed by atoms with Gasteiger partial charge in [-0.3, -0.25) is 9.59 Å². The topological polar surface area (TPSA) is 66.8 Å². The molecule has 3 rings (SSSR count). The zero-order valence-corrected chi connectivity index (χ0v) is 14.2. The highest BCUT2D eigenvalue weighted by molar-refractivity contribution is 6.46. The summed E-state index contributed by atoms with van der Waals surface area (Å²) in [5.74, 6) is -2.30. The van der Waals surface area contributed by atoms with Gasteiger partial charge in [-0.2, -0.15) is 0 Å². The second kappa shape index (κ2) is 7.49. The van der Waals surface area contributed by atoms with Gasteiger partial charge >= 0.3 is 0 Å². The number of aliphatic hydroxyl groups is 1. The Balaban J connectivity index is 2.16. The molecule has 1 saturated heterocycles. The molecule has 0 aliphatic carbocycles. The lowest BCUT2D eigenvalue weighted by Crippen LogP contribution is -2.32. The number of carbonyl (C=O) groups is 2. The first-order chi connectivity index (χ1) is 12.5. The molecule has 0 radical (unpaired) electrons. The second-order valence-corrected chi connectivity index (χ2v) is 5.91. The molecule has 6 heteroatoms. The summed E-state index contributed by atoms with van der Waals surface area (Å²) in [7, 11) is 1.48. The third-order valence-corrected chi connectivity index (χ3v) is 4.29. The third-order valence-electron chi connectivity index (χ3n) is 4.29. The lowest BCUT2D eigenvalue weighted by atomic mass is 9.95. The predicted octanol–water partition coefficient (Wildman–Crippen LogP) is 2.89. The molecule has 134 valence electrons. The van der Waals surface area contributed by atoms with Crippen LogP contribution in [-0.2, 0) is 14.3 Å². The van der Waals surface area contributed by atoms with Gasteiger partial charge in [0.05, 0.1) is 18.2 Å². The lowest BCUT2D eigenvalue weighted by Gasteiger charge is -2.25. The Kier molecular flexibility index (Phi) is 5.14. The Labute approximate surface area is 150 Å². The minimum absolute atomic E-state index is 0.0529. The van der Waals surface area contributed by atoms with E-state index >= 15 is 0 Å². The van der Waals surface area contributed by atoms with Gasteiger partial charge in [0.15, 0.2) is 0 Å². The van der Waals surface area contributed by atoms with Gasteiger partial charge < -0.3 is 14.7 Å². The highest BCUT2D eigenvalue weighted by Crippen LogP contribution is 2.39. The number of ether oxygens (including phenoxy) is 1. The van der Waals surface area contributed by atoms with Crippen molar-refractivity contribution in [2.75, 3.05) is 20.3 Å². The Morgan fingerprint density at radius 2 is 1.88 bits per heavy atom. The van der Waals surface area contributed by atoms with E-state index in [0.717, 1.165) is 0 Å². The first-order valence-corrected chi connectivity index (χ1v) is 8.13. The predicted molar refractivity (Wildman–Crippen MR) is 93.7 cm³/mol. The van der Waals surface area contributed by atoms with Crippen LogP contribution in [-0.4, -0.2) is 42.0 Å². The quantitative estimate of drug-likeness (QED) is 0.509. The van der Waals surface area contributed by atoms with Crippen molar-refractivity contribution in [1.29, 1.82) is 0 Å². The summed E-state index contributed by atoms with van der Waals surface area (Å²) in [6.45, 7) is 0.359. The van der Waals surface area contributed by atoms with Gasteiger partial charge in [0.25, 0.3) is 11.7 Å². The monoisotopic (exact) mass is 355 g/mol. The van der Waals surface area contributed by atoms with E-state index in [4.69, 9.17) is 4.74 Å². The molecule has 1 aliphatic heterocycles. The van der Waals surface area contributed by atoms with E-state index in [1.807, 2.05) is 0 Å². The van der Waals surface area contributed by atoms with Gasteiger partial charge in [0.2, 0.25) is 0 Å².